The maximum atomic E-state index is 12.7. The molecule has 0 spiro atoms. The highest BCUT2D eigenvalue weighted by Gasteiger charge is 2.20. The van der Waals surface area contributed by atoms with Crippen molar-refractivity contribution in [2.45, 2.75) is 37.6 Å². The number of nitrogens with one attached hydrogen (secondary N) is 3. The van der Waals surface area contributed by atoms with E-state index < -0.39 is 0 Å². The smallest absolute Gasteiger partial charge is 0.325 e. The van der Waals surface area contributed by atoms with Gasteiger partial charge in [-0.25, -0.2) is 9.78 Å². The van der Waals surface area contributed by atoms with E-state index in [1.165, 1.54) is 23.1 Å². The molecular weight excluding hydrogens is 460 g/mol. The summed E-state index contributed by atoms with van der Waals surface area (Å²) in [5.74, 6) is 1.03. The van der Waals surface area contributed by atoms with Crippen LogP contribution in [0, 0.1) is 12.8 Å². The van der Waals surface area contributed by atoms with Gasteiger partial charge < -0.3 is 15.0 Å². The van der Waals surface area contributed by atoms with Gasteiger partial charge in [0.15, 0.2) is 5.13 Å². The number of H-pyrrole nitrogens is 1. The number of ether oxygens (including phenoxy) is 1. The Morgan fingerprint density at radius 3 is 2.82 bits per heavy atom. The van der Waals surface area contributed by atoms with E-state index in [1.54, 1.807) is 6.20 Å². The Morgan fingerprint density at radius 2 is 2.12 bits per heavy atom. The molecule has 1 atom stereocenters. The molecule has 3 aromatic rings. The van der Waals surface area contributed by atoms with Gasteiger partial charge in [-0.2, -0.15) is 5.21 Å². The van der Waals surface area contributed by atoms with Gasteiger partial charge in [-0.15, -0.1) is 21.5 Å². The lowest BCUT2D eigenvalue weighted by Crippen LogP contribution is -2.20. The highest BCUT2D eigenvalue weighted by atomic mass is 32.2. The quantitative estimate of drug-likeness (QED) is 0.338. The van der Waals surface area contributed by atoms with Crippen LogP contribution in [0.25, 0.3) is 0 Å². The van der Waals surface area contributed by atoms with Crippen LogP contribution in [0.2, 0.25) is 0 Å². The molecule has 0 saturated heterocycles. The number of amides is 2. The van der Waals surface area contributed by atoms with Crippen molar-refractivity contribution in [2.24, 2.45) is 5.92 Å². The summed E-state index contributed by atoms with van der Waals surface area (Å²) >= 11 is 2.95. The number of hydrogen-bond acceptors (Lipinski definition) is 9. The number of urea groups is 1. The number of benzene rings is 1. The molecule has 2 aromatic heterocycles. The number of carbonyl (C=O) groups is 1. The molecule has 3 rings (SSSR count). The lowest BCUT2D eigenvalue weighted by Gasteiger charge is -2.16. The summed E-state index contributed by atoms with van der Waals surface area (Å²) < 4.78 is 5.88. The molecule has 1 unspecified atom stereocenters. The highest BCUT2D eigenvalue weighted by molar-refractivity contribution is 7.99. The molecular formula is C21H30N8O2S2. The Balaban J connectivity index is 1.66. The number of thioether (sulfide) groups is 1. The molecule has 2 amide bonds. The Labute approximate surface area is 201 Å². The van der Waals surface area contributed by atoms with Crippen LogP contribution < -0.4 is 15.4 Å². The minimum Gasteiger partial charge on any atom is -0.491 e. The van der Waals surface area contributed by atoms with Gasteiger partial charge in [0.05, 0.1) is 12.3 Å². The third-order valence-corrected chi connectivity index (χ3v) is 6.76. The van der Waals surface area contributed by atoms with Crippen molar-refractivity contribution in [3.63, 3.8) is 0 Å². The maximum Gasteiger partial charge on any atom is 0.325 e. The zero-order valence-corrected chi connectivity index (χ0v) is 21.1. The summed E-state index contributed by atoms with van der Waals surface area (Å²) in [6.45, 7) is 7.62. The van der Waals surface area contributed by atoms with Crippen LogP contribution >= 0.6 is 23.1 Å². The zero-order valence-electron chi connectivity index (χ0n) is 19.5. The Morgan fingerprint density at radius 1 is 1.30 bits per heavy atom. The van der Waals surface area contributed by atoms with Crippen molar-refractivity contribution in [1.29, 1.82) is 0 Å². The van der Waals surface area contributed by atoms with Crippen LogP contribution in [0.3, 0.4) is 0 Å². The summed E-state index contributed by atoms with van der Waals surface area (Å²) in [6, 6.07) is 5.33. The third-order valence-electron chi connectivity index (χ3n) is 4.43. The second-order valence-electron chi connectivity index (χ2n) is 8.24. The molecule has 0 aliphatic rings. The molecule has 0 saturated carbocycles. The normalized spacial score (nSPS) is 12.2. The first-order valence-corrected chi connectivity index (χ1v) is 12.3. The van der Waals surface area contributed by atoms with E-state index in [2.05, 4.69) is 55.0 Å². The van der Waals surface area contributed by atoms with Gasteiger partial charge in [0.25, 0.3) is 0 Å². The fourth-order valence-corrected chi connectivity index (χ4v) is 4.77. The van der Waals surface area contributed by atoms with E-state index in [0.29, 0.717) is 34.2 Å². The van der Waals surface area contributed by atoms with Gasteiger partial charge in [-0.05, 0) is 62.8 Å². The molecule has 0 radical (unpaired) electrons. The number of anilines is 2. The van der Waals surface area contributed by atoms with Gasteiger partial charge in [0, 0.05) is 16.3 Å². The first-order chi connectivity index (χ1) is 15.8. The zero-order chi connectivity index (χ0) is 23.8. The SMILES string of the molecule is Cc1ccc(NC(=O)Nc2ncc(C(CCN(C)C)Sc3nn[nH]n3)s2)c(OCC(C)C)c1. The van der Waals surface area contributed by atoms with Gasteiger partial charge in [-0.3, -0.25) is 5.32 Å². The van der Waals surface area contributed by atoms with Crippen molar-refractivity contribution in [1.82, 2.24) is 30.5 Å². The first kappa shape index (κ1) is 24.9. The average molecular weight is 491 g/mol. The van der Waals surface area contributed by atoms with Crippen molar-refractivity contribution < 1.29 is 9.53 Å². The number of aromatic nitrogens is 5. The van der Waals surface area contributed by atoms with E-state index in [4.69, 9.17) is 4.74 Å². The second kappa shape index (κ2) is 12.0. The lowest BCUT2D eigenvalue weighted by molar-refractivity contribution is 0.260. The number of thiazole rings is 1. The van der Waals surface area contributed by atoms with Crippen molar-refractivity contribution in [2.75, 3.05) is 37.9 Å². The molecule has 178 valence electrons. The molecule has 33 heavy (non-hydrogen) atoms. The van der Waals surface area contributed by atoms with Gasteiger partial charge in [-0.1, -0.05) is 31.7 Å². The minimum absolute atomic E-state index is 0.0919. The van der Waals surface area contributed by atoms with Crippen LogP contribution in [0.1, 0.15) is 36.0 Å². The molecule has 12 heteroatoms. The number of carbonyl (C=O) groups excluding carboxylic acids is 1. The predicted molar refractivity (Wildman–Crippen MR) is 132 cm³/mol. The first-order valence-electron chi connectivity index (χ1n) is 10.6. The number of nitrogens with zero attached hydrogens (tertiary/aromatic N) is 5. The van der Waals surface area contributed by atoms with Gasteiger partial charge >= 0.3 is 6.03 Å². The van der Waals surface area contributed by atoms with Gasteiger partial charge in [0.1, 0.15) is 5.75 Å². The number of tetrazole rings is 1. The van der Waals surface area contributed by atoms with Crippen LogP contribution in [-0.4, -0.2) is 63.8 Å². The van der Waals surface area contributed by atoms with Gasteiger partial charge in [0.2, 0.25) is 5.16 Å². The molecule has 10 nitrogen and oxygen atoms in total. The number of aryl methyl sites for hydroxylation is 1. The molecule has 3 N–H and O–H groups in total. The van der Waals surface area contributed by atoms with Crippen LogP contribution in [0.4, 0.5) is 15.6 Å². The van der Waals surface area contributed by atoms with E-state index in [9.17, 15) is 4.79 Å². The summed E-state index contributed by atoms with van der Waals surface area (Å²) in [7, 11) is 4.06. The molecule has 1 aromatic carbocycles. The van der Waals surface area contributed by atoms with Crippen LogP contribution in [0.5, 0.6) is 5.75 Å². The Hall–Kier alpha value is -2.70. The van der Waals surface area contributed by atoms with E-state index in [1.807, 2.05) is 39.2 Å². The van der Waals surface area contributed by atoms with Crippen LogP contribution in [-0.2, 0) is 0 Å². The highest BCUT2D eigenvalue weighted by Crippen LogP contribution is 2.39. The molecule has 2 heterocycles. The molecule has 0 aliphatic carbocycles. The molecule has 0 bridgehead atoms. The topological polar surface area (TPSA) is 121 Å². The predicted octanol–water partition coefficient (Wildman–Crippen LogP) is 4.43. The summed E-state index contributed by atoms with van der Waals surface area (Å²) in [5, 5.41) is 21.1. The standard InChI is InChI=1S/C21H30N8O2S2/c1-13(2)12-31-16-10-14(3)6-7-15(16)23-19(30)24-20-22-11-18(33-20)17(8-9-29(4)5)32-21-25-27-28-26-21/h6-7,10-11,13,17H,8-9,12H2,1-5H3,(H2,22,23,24,30)(H,25,26,27,28). The Kier molecular flexibility index (Phi) is 9.03. The fourth-order valence-electron chi connectivity index (χ4n) is 2.82. The monoisotopic (exact) mass is 490 g/mol. The minimum atomic E-state index is -0.371. The average Bonchev–Trinajstić information content (AvgIpc) is 3.43. The lowest BCUT2D eigenvalue weighted by atomic mass is 10.2. The number of aromatic amines is 1. The van der Waals surface area contributed by atoms with E-state index in [-0.39, 0.29) is 11.3 Å². The van der Waals surface area contributed by atoms with Crippen molar-refractivity contribution >= 4 is 39.9 Å². The largest absolute Gasteiger partial charge is 0.491 e. The molecule has 0 aliphatic heterocycles. The summed E-state index contributed by atoms with van der Waals surface area (Å²) in [4.78, 5) is 20.2. The number of hydrogen-bond donors (Lipinski definition) is 3. The van der Waals surface area contributed by atoms with Crippen molar-refractivity contribution in [3.8, 4) is 5.75 Å². The summed E-state index contributed by atoms with van der Waals surface area (Å²) in [5.41, 5.74) is 1.68. The van der Waals surface area contributed by atoms with E-state index >= 15 is 0 Å². The molecule has 0 fully saturated rings. The maximum absolute atomic E-state index is 12.7. The second-order valence-corrected chi connectivity index (χ2v) is 10.5. The third kappa shape index (κ3) is 7.98. The summed E-state index contributed by atoms with van der Waals surface area (Å²) in [6.07, 6.45) is 2.66. The number of rotatable bonds is 11. The fraction of sp³-hybridized carbons (Fsp3) is 0.476. The van der Waals surface area contributed by atoms with E-state index in [0.717, 1.165) is 23.4 Å². The van der Waals surface area contributed by atoms with Crippen LogP contribution in [0.15, 0.2) is 29.6 Å². The Bertz CT molecular complexity index is 1020. The van der Waals surface area contributed by atoms with Crippen molar-refractivity contribution in [3.05, 3.63) is 34.8 Å².